The average molecular weight is 446 g/mol. The Labute approximate surface area is 193 Å². The zero-order valence-corrected chi connectivity index (χ0v) is 18.4. The SMILES string of the molecule is O=C(/C=C/c1ccccc1)NC1CCN(C(=O)CCCN2C(=O)c3ccccc3C2=O)CC1. The topological polar surface area (TPSA) is 86.8 Å². The zero-order valence-electron chi connectivity index (χ0n) is 18.4. The van der Waals surface area contributed by atoms with Crippen LogP contribution in [0.3, 0.4) is 0 Å². The predicted molar refractivity (Wildman–Crippen MR) is 124 cm³/mol. The van der Waals surface area contributed by atoms with Gasteiger partial charge in [0.25, 0.3) is 11.8 Å². The van der Waals surface area contributed by atoms with E-state index in [-0.39, 0.29) is 42.6 Å². The number of nitrogens with one attached hydrogen (secondary N) is 1. The molecule has 2 aromatic carbocycles. The summed E-state index contributed by atoms with van der Waals surface area (Å²) in [4.78, 5) is 52.6. The van der Waals surface area contributed by atoms with Crippen LogP contribution >= 0.6 is 0 Å². The zero-order chi connectivity index (χ0) is 23.2. The quantitative estimate of drug-likeness (QED) is 0.525. The second-order valence-corrected chi connectivity index (χ2v) is 8.32. The molecule has 0 spiro atoms. The molecule has 7 nitrogen and oxygen atoms in total. The number of benzene rings is 2. The van der Waals surface area contributed by atoms with E-state index in [9.17, 15) is 19.2 Å². The molecule has 0 saturated carbocycles. The van der Waals surface area contributed by atoms with E-state index in [2.05, 4.69) is 5.32 Å². The van der Waals surface area contributed by atoms with Crippen molar-refractivity contribution >= 4 is 29.7 Å². The fraction of sp³-hybridized carbons (Fsp3) is 0.308. The minimum Gasteiger partial charge on any atom is -0.350 e. The lowest BCUT2D eigenvalue weighted by Gasteiger charge is -2.32. The van der Waals surface area contributed by atoms with Crippen LogP contribution in [0.4, 0.5) is 0 Å². The summed E-state index contributed by atoms with van der Waals surface area (Å²) < 4.78 is 0. The number of amides is 4. The number of piperidine rings is 1. The maximum atomic E-state index is 12.6. The molecule has 4 rings (SSSR count). The van der Waals surface area contributed by atoms with E-state index in [1.807, 2.05) is 30.3 Å². The lowest BCUT2D eigenvalue weighted by molar-refractivity contribution is -0.132. The first-order valence-corrected chi connectivity index (χ1v) is 11.3. The van der Waals surface area contributed by atoms with Gasteiger partial charge in [0.15, 0.2) is 0 Å². The Kier molecular flexibility index (Phi) is 6.98. The summed E-state index contributed by atoms with van der Waals surface area (Å²) in [5.74, 6) is -0.702. The van der Waals surface area contributed by atoms with Gasteiger partial charge in [-0.05, 0) is 43.0 Å². The first-order valence-electron chi connectivity index (χ1n) is 11.3. The van der Waals surface area contributed by atoms with Crippen LogP contribution in [-0.2, 0) is 9.59 Å². The molecule has 0 bridgehead atoms. The summed E-state index contributed by atoms with van der Waals surface area (Å²) in [5.41, 5.74) is 1.82. The molecule has 2 heterocycles. The highest BCUT2D eigenvalue weighted by atomic mass is 16.2. The fourth-order valence-corrected chi connectivity index (χ4v) is 4.25. The first kappa shape index (κ1) is 22.5. The van der Waals surface area contributed by atoms with Gasteiger partial charge in [0.2, 0.25) is 11.8 Å². The van der Waals surface area contributed by atoms with Crippen LogP contribution in [0.15, 0.2) is 60.7 Å². The Bertz CT molecular complexity index is 1040. The number of nitrogens with zero attached hydrogens (tertiary/aromatic N) is 2. The van der Waals surface area contributed by atoms with Crippen molar-refractivity contribution in [2.24, 2.45) is 0 Å². The summed E-state index contributed by atoms with van der Waals surface area (Å²) in [6.45, 7) is 1.40. The van der Waals surface area contributed by atoms with Crippen molar-refractivity contribution < 1.29 is 19.2 Å². The second kappa shape index (κ2) is 10.3. The van der Waals surface area contributed by atoms with E-state index in [0.29, 0.717) is 43.5 Å². The van der Waals surface area contributed by atoms with E-state index in [4.69, 9.17) is 0 Å². The van der Waals surface area contributed by atoms with E-state index in [0.717, 1.165) is 5.56 Å². The van der Waals surface area contributed by atoms with E-state index in [1.165, 1.54) is 11.0 Å². The van der Waals surface area contributed by atoms with Gasteiger partial charge in [0.1, 0.15) is 0 Å². The molecule has 1 fully saturated rings. The van der Waals surface area contributed by atoms with Crippen LogP contribution in [0.2, 0.25) is 0 Å². The van der Waals surface area contributed by atoms with Gasteiger partial charge in [-0.25, -0.2) is 0 Å². The first-order chi connectivity index (χ1) is 16.0. The fourth-order valence-electron chi connectivity index (χ4n) is 4.25. The van der Waals surface area contributed by atoms with Gasteiger partial charge < -0.3 is 10.2 Å². The standard InChI is InChI=1S/C26H27N3O4/c30-23(13-12-19-7-2-1-3-8-19)27-20-14-17-28(18-15-20)24(31)11-6-16-29-25(32)21-9-4-5-10-22(21)26(29)33/h1-5,7-10,12-13,20H,6,11,14-18H2,(H,27,30)/b13-12+. The molecule has 0 aliphatic carbocycles. The molecule has 33 heavy (non-hydrogen) atoms. The minimum atomic E-state index is -0.291. The van der Waals surface area contributed by atoms with Gasteiger partial charge in [0, 0.05) is 38.2 Å². The van der Waals surface area contributed by atoms with Crippen LogP contribution in [0.25, 0.3) is 6.08 Å². The van der Waals surface area contributed by atoms with Gasteiger partial charge in [-0.3, -0.25) is 24.1 Å². The minimum absolute atomic E-state index is 0.0142. The van der Waals surface area contributed by atoms with Crippen molar-refractivity contribution in [3.05, 3.63) is 77.4 Å². The number of hydrogen-bond donors (Lipinski definition) is 1. The largest absolute Gasteiger partial charge is 0.350 e. The third-order valence-corrected chi connectivity index (χ3v) is 6.07. The van der Waals surface area contributed by atoms with Crippen LogP contribution in [0.5, 0.6) is 0 Å². The molecular formula is C26H27N3O4. The summed E-state index contributed by atoms with van der Waals surface area (Å²) in [6.07, 6.45) is 5.44. The van der Waals surface area contributed by atoms with Crippen LogP contribution in [0.1, 0.15) is 52.0 Å². The third kappa shape index (κ3) is 5.37. The molecule has 1 N–H and O–H groups in total. The maximum absolute atomic E-state index is 12.6. The molecule has 2 aromatic rings. The molecule has 0 unspecified atom stereocenters. The van der Waals surface area contributed by atoms with E-state index in [1.54, 1.807) is 35.2 Å². The van der Waals surface area contributed by atoms with E-state index >= 15 is 0 Å². The Balaban J connectivity index is 1.17. The predicted octanol–water partition coefficient (Wildman–Crippen LogP) is 2.88. The summed E-state index contributed by atoms with van der Waals surface area (Å²) in [6, 6.07) is 16.5. The summed E-state index contributed by atoms with van der Waals surface area (Å²) in [5, 5.41) is 3.00. The molecule has 7 heteroatoms. The Morgan fingerprint density at radius 3 is 2.15 bits per heavy atom. The summed E-state index contributed by atoms with van der Waals surface area (Å²) in [7, 11) is 0. The monoisotopic (exact) mass is 445 g/mol. The molecular weight excluding hydrogens is 418 g/mol. The molecule has 0 atom stereocenters. The van der Waals surface area contributed by atoms with Crippen molar-refractivity contribution in [2.45, 2.75) is 31.7 Å². The number of carbonyl (C=O) groups is 4. The normalized spacial score (nSPS) is 16.4. The van der Waals surface area contributed by atoms with Gasteiger partial charge in [0.05, 0.1) is 11.1 Å². The molecule has 4 amide bonds. The highest BCUT2D eigenvalue weighted by Gasteiger charge is 2.34. The lowest BCUT2D eigenvalue weighted by atomic mass is 10.0. The van der Waals surface area contributed by atoms with Crippen LogP contribution in [0, 0.1) is 0 Å². The Morgan fingerprint density at radius 1 is 0.909 bits per heavy atom. The van der Waals surface area contributed by atoms with Crippen molar-refractivity contribution in [2.75, 3.05) is 19.6 Å². The van der Waals surface area contributed by atoms with E-state index < -0.39 is 0 Å². The second-order valence-electron chi connectivity index (χ2n) is 8.32. The Morgan fingerprint density at radius 2 is 1.52 bits per heavy atom. The number of rotatable bonds is 7. The molecule has 2 aliphatic heterocycles. The number of likely N-dealkylation sites (tertiary alicyclic amines) is 1. The third-order valence-electron chi connectivity index (χ3n) is 6.07. The van der Waals surface area contributed by atoms with Crippen LogP contribution < -0.4 is 5.32 Å². The number of fused-ring (bicyclic) bond motifs is 1. The molecule has 170 valence electrons. The van der Waals surface area contributed by atoms with Gasteiger partial charge >= 0.3 is 0 Å². The molecule has 1 saturated heterocycles. The van der Waals surface area contributed by atoms with Gasteiger partial charge in [-0.15, -0.1) is 0 Å². The van der Waals surface area contributed by atoms with Gasteiger partial charge in [-0.1, -0.05) is 42.5 Å². The van der Waals surface area contributed by atoms with Gasteiger partial charge in [-0.2, -0.15) is 0 Å². The number of carbonyl (C=O) groups excluding carboxylic acids is 4. The highest BCUT2D eigenvalue weighted by Crippen LogP contribution is 2.23. The average Bonchev–Trinajstić information content (AvgIpc) is 3.09. The summed E-state index contributed by atoms with van der Waals surface area (Å²) >= 11 is 0. The van der Waals surface area contributed by atoms with Crippen molar-refractivity contribution in [1.29, 1.82) is 0 Å². The van der Waals surface area contributed by atoms with Crippen LogP contribution in [-0.4, -0.2) is 59.1 Å². The Hall–Kier alpha value is -3.74. The lowest BCUT2D eigenvalue weighted by Crippen LogP contribution is -2.46. The number of hydrogen-bond acceptors (Lipinski definition) is 4. The number of imide groups is 1. The van der Waals surface area contributed by atoms with Crippen molar-refractivity contribution in [3.8, 4) is 0 Å². The highest BCUT2D eigenvalue weighted by molar-refractivity contribution is 6.21. The molecule has 0 aromatic heterocycles. The maximum Gasteiger partial charge on any atom is 0.261 e. The molecule has 0 radical (unpaired) electrons. The van der Waals surface area contributed by atoms with Crippen molar-refractivity contribution in [1.82, 2.24) is 15.1 Å². The smallest absolute Gasteiger partial charge is 0.261 e. The van der Waals surface area contributed by atoms with Crippen molar-refractivity contribution in [3.63, 3.8) is 0 Å². The molecule has 2 aliphatic rings.